The lowest BCUT2D eigenvalue weighted by atomic mass is 9.82. The zero-order valence-corrected chi connectivity index (χ0v) is 15.7. The van der Waals surface area contributed by atoms with Crippen molar-refractivity contribution in [2.75, 3.05) is 26.8 Å². The fourth-order valence-corrected chi connectivity index (χ4v) is 4.40. The van der Waals surface area contributed by atoms with Crippen molar-refractivity contribution in [2.45, 2.75) is 37.4 Å². The summed E-state index contributed by atoms with van der Waals surface area (Å²) in [7, 11) is 1.75. The largest absolute Gasteiger partial charge is 0.378 e. The second-order valence-corrected chi connectivity index (χ2v) is 7.49. The van der Waals surface area contributed by atoms with Crippen LogP contribution in [0.1, 0.15) is 36.2 Å². The molecular formula is C20H23ClN2O3. The van der Waals surface area contributed by atoms with Crippen molar-refractivity contribution in [3.8, 4) is 0 Å². The van der Waals surface area contributed by atoms with Crippen LogP contribution >= 0.6 is 11.6 Å². The topological polar surface area (TPSA) is 51.7 Å². The number of amides is 1. The number of aromatic nitrogens is 1. The number of para-hydroxylation sites is 1. The molecule has 2 aromatic rings. The molecule has 1 aromatic carbocycles. The first-order chi connectivity index (χ1) is 12.6. The van der Waals surface area contributed by atoms with Crippen LogP contribution in [0.15, 0.2) is 30.3 Å². The van der Waals surface area contributed by atoms with Crippen LogP contribution < -0.4 is 0 Å². The van der Waals surface area contributed by atoms with Gasteiger partial charge in [-0.3, -0.25) is 4.79 Å². The minimum Gasteiger partial charge on any atom is -0.378 e. The number of methoxy groups -OCH3 is 1. The van der Waals surface area contributed by atoms with Crippen LogP contribution in [0.5, 0.6) is 0 Å². The maximum Gasteiger partial charge on any atom is 0.272 e. The average Bonchev–Trinajstić information content (AvgIpc) is 2.68. The smallest absolute Gasteiger partial charge is 0.272 e. The van der Waals surface area contributed by atoms with Crippen molar-refractivity contribution in [2.24, 2.45) is 0 Å². The Bertz CT molecular complexity index is 818. The van der Waals surface area contributed by atoms with Gasteiger partial charge in [0, 0.05) is 32.2 Å². The zero-order valence-electron chi connectivity index (χ0n) is 14.9. The molecule has 0 aliphatic carbocycles. The molecule has 26 heavy (non-hydrogen) atoms. The number of fused-ring (bicyclic) bond motifs is 1. The van der Waals surface area contributed by atoms with Gasteiger partial charge < -0.3 is 14.4 Å². The Morgan fingerprint density at radius 1 is 1.31 bits per heavy atom. The SMILES string of the molecule is COC1CCCOC12CCN(C(=O)c1ccc3cccc(Cl)c3n1)CC2. The lowest BCUT2D eigenvalue weighted by molar-refractivity contribution is -0.183. The van der Waals surface area contributed by atoms with E-state index in [9.17, 15) is 4.79 Å². The van der Waals surface area contributed by atoms with Gasteiger partial charge in [0.1, 0.15) is 5.69 Å². The van der Waals surface area contributed by atoms with Crippen LogP contribution in [0.3, 0.4) is 0 Å². The predicted octanol–water partition coefficient (Wildman–Crippen LogP) is 3.69. The Kier molecular flexibility index (Phi) is 4.86. The highest BCUT2D eigenvalue weighted by Crippen LogP contribution is 2.37. The molecule has 2 saturated heterocycles. The fourth-order valence-electron chi connectivity index (χ4n) is 4.18. The summed E-state index contributed by atoms with van der Waals surface area (Å²) in [5.41, 5.74) is 0.863. The molecule has 0 bridgehead atoms. The molecule has 2 aliphatic heterocycles. The number of pyridine rings is 1. The number of hydrogen-bond donors (Lipinski definition) is 0. The number of carbonyl (C=O) groups excluding carboxylic acids is 1. The van der Waals surface area contributed by atoms with Crippen LogP contribution in [0.25, 0.3) is 10.9 Å². The van der Waals surface area contributed by atoms with Crippen molar-refractivity contribution >= 4 is 28.4 Å². The van der Waals surface area contributed by atoms with Gasteiger partial charge in [-0.2, -0.15) is 0 Å². The quantitative estimate of drug-likeness (QED) is 0.804. The number of ether oxygens (including phenoxy) is 2. The molecule has 1 atom stereocenters. The Morgan fingerprint density at radius 2 is 2.12 bits per heavy atom. The summed E-state index contributed by atoms with van der Waals surface area (Å²) in [5.74, 6) is -0.0496. The van der Waals surface area contributed by atoms with E-state index >= 15 is 0 Å². The second kappa shape index (κ2) is 7.14. The zero-order chi connectivity index (χ0) is 18.1. The molecular weight excluding hydrogens is 352 g/mol. The maximum absolute atomic E-state index is 12.9. The molecule has 5 nitrogen and oxygen atoms in total. The lowest BCUT2D eigenvalue weighted by Gasteiger charge is -2.47. The fraction of sp³-hybridized carbons (Fsp3) is 0.500. The monoisotopic (exact) mass is 374 g/mol. The molecule has 2 aliphatic rings. The van der Waals surface area contributed by atoms with Gasteiger partial charge in [0.2, 0.25) is 0 Å². The van der Waals surface area contributed by atoms with Crippen molar-refractivity contribution < 1.29 is 14.3 Å². The summed E-state index contributed by atoms with van der Waals surface area (Å²) >= 11 is 6.23. The molecule has 6 heteroatoms. The van der Waals surface area contributed by atoms with Gasteiger partial charge in [-0.25, -0.2) is 4.98 Å². The summed E-state index contributed by atoms with van der Waals surface area (Å²) < 4.78 is 11.8. The number of likely N-dealkylation sites (tertiary alicyclic amines) is 1. The average molecular weight is 375 g/mol. The molecule has 4 rings (SSSR count). The standard InChI is InChI=1S/C20H23ClN2O3/c1-25-17-6-3-13-26-20(17)9-11-23(12-10-20)19(24)16-8-7-14-4-2-5-15(21)18(14)22-16/h2,4-5,7-8,17H,3,6,9-13H2,1H3. The predicted molar refractivity (Wildman–Crippen MR) is 101 cm³/mol. The van der Waals surface area contributed by atoms with E-state index in [0.29, 0.717) is 29.3 Å². The molecule has 2 fully saturated rings. The summed E-state index contributed by atoms with van der Waals surface area (Å²) in [6.07, 6.45) is 3.77. The minimum atomic E-state index is -0.246. The Morgan fingerprint density at radius 3 is 2.88 bits per heavy atom. The second-order valence-electron chi connectivity index (χ2n) is 7.08. The number of hydrogen-bond acceptors (Lipinski definition) is 4. The van der Waals surface area contributed by atoms with E-state index in [1.165, 1.54) is 0 Å². The first-order valence-corrected chi connectivity index (χ1v) is 9.52. The van der Waals surface area contributed by atoms with Crippen molar-refractivity contribution in [1.82, 2.24) is 9.88 Å². The normalized spacial score (nSPS) is 22.7. The van der Waals surface area contributed by atoms with E-state index < -0.39 is 0 Å². The van der Waals surface area contributed by atoms with Gasteiger partial charge in [0.15, 0.2) is 0 Å². The van der Waals surface area contributed by atoms with Crippen LogP contribution in [0, 0.1) is 0 Å². The Labute approximate surface area is 158 Å². The highest BCUT2D eigenvalue weighted by Gasteiger charge is 2.45. The van der Waals surface area contributed by atoms with Crippen LogP contribution in [-0.4, -0.2) is 54.3 Å². The molecule has 0 N–H and O–H groups in total. The van der Waals surface area contributed by atoms with Crippen molar-refractivity contribution in [3.05, 3.63) is 41.0 Å². The first kappa shape index (κ1) is 17.7. The third-order valence-electron chi connectivity index (χ3n) is 5.66. The molecule has 3 heterocycles. The molecule has 0 saturated carbocycles. The highest BCUT2D eigenvalue weighted by atomic mass is 35.5. The van der Waals surface area contributed by atoms with E-state index in [-0.39, 0.29) is 17.6 Å². The molecule has 1 unspecified atom stereocenters. The number of piperidine rings is 1. The minimum absolute atomic E-state index is 0.0496. The first-order valence-electron chi connectivity index (χ1n) is 9.14. The number of rotatable bonds is 2. The van der Waals surface area contributed by atoms with Crippen LogP contribution in [0.4, 0.5) is 0 Å². The van der Waals surface area contributed by atoms with Crippen LogP contribution in [0.2, 0.25) is 5.02 Å². The van der Waals surface area contributed by atoms with E-state index in [0.717, 1.165) is 37.7 Å². The van der Waals surface area contributed by atoms with Gasteiger partial charge in [-0.1, -0.05) is 29.8 Å². The van der Waals surface area contributed by atoms with E-state index in [1.807, 2.05) is 23.1 Å². The Balaban J connectivity index is 1.51. The molecule has 0 radical (unpaired) electrons. The van der Waals surface area contributed by atoms with Gasteiger partial charge in [-0.05, 0) is 37.8 Å². The van der Waals surface area contributed by atoms with E-state index in [1.54, 1.807) is 19.2 Å². The lowest BCUT2D eigenvalue weighted by Crippen LogP contribution is -2.56. The van der Waals surface area contributed by atoms with Crippen molar-refractivity contribution in [3.63, 3.8) is 0 Å². The van der Waals surface area contributed by atoms with E-state index in [4.69, 9.17) is 21.1 Å². The Hall–Kier alpha value is -1.69. The summed E-state index contributed by atoms with van der Waals surface area (Å²) in [6, 6.07) is 9.30. The summed E-state index contributed by atoms with van der Waals surface area (Å²) in [6.45, 7) is 2.08. The van der Waals surface area contributed by atoms with Gasteiger partial charge in [0.25, 0.3) is 5.91 Å². The third-order valence-corrected chi connectivity index (χ3v) is 5.96. The molecule has 1 spiro atoms. The third kappa shape index (κ3) is 3.08. The molecule has 1 aromatic heterocycles. The van der Waals surface area contributed by atoms with Crippen LogP contribution in [-0.2, 0) is 9.47 Å². The number of nitrogens with zero attached hydrogens (tertiary/aromatic N) is 2. The van der Waals surface area contributed by atoms with Gasteiger partial charge >= 0.3 is 0 Å². The summed E-state index contributed by atoms with van der Waals surface area (Å²) in [4.78, 5) is 19.3. The molecule has 1 amide bonds. The van der Waals surface area contributed by atoms with Gasteiger partial charge in [0.05, 0.1) is 22.2 Å². The van der Waals surface area contributed by atoms with E-state index in [2.05, 4.69) is 4.98 Å². The van der Waals surface area contributed by atoms with Gasteiger partial charge in [-0.15, -0.1) is 0 Å². The number of benzene rings is 1. The number of halogens is 1. The maximum atomic E-state index is 12.9. The van der Waals surface area contributed by atoms with Crippen molar-refractivity contribution in [1.29, 1.82) is 0 Å². The highest BCUT2D eigenvalue weighted by molar-refractivity contribution is 6.35. The summed E-state index contributed by atoms with van der Waals surface area (Å²) in [5, 5.41) is 1.50. The number of carbonyl (C=O) groups is 1. The molecule has 138 valence electrons.